The minimum absolute atomic E-state index is 0.102. The zero-order valence-electron chi connectivity index (χ0n) is 14.9. The zero-order valence-corrected chi connectivity index (χ0v) is 14.9. The maximum atomic E-state index is 11.9. The number of benzene rings is 1. The summed E-state index contributed by atoms with van der Waals surface area (Å²) in [4.78, 5) is 25.7. The van der Waals surface area contributed by atoms with Gasteiger partial charge in [-0.05, 0) is 26.3 Å². The van der Waals surface area contributed by atoms with Gasteiger partial charge in [0.2, 0.25) is 0 Å². The van der Waals surface area contributed by atoms with Gasteiger partial charge < -0.3 is 19.1 Å². The summed E-state index contributed by atoms with van der Waals surface area (Å²) >= 11 is 0. The Labute approximate surface area is 148 Å². The summed E-state index contributed by atoms with van der Waals surface area (Å²) in [6.07, 6.45) is 0.760. The fraction of sp³-hybridized carbons (Fsp3) is 0.474. The van der Waals surface area contributed by atoms with E-state index in [0.717, 1.165) is 5.56 Å². The first-order valence-electron chi connectivity index (χ1n) is 8.55. The van der Waals surface area contributed by atoms with Gasteiger partial charge in [0, 0.05) is 12.6 Å². The summed E-state index contributed by atoms with van der Waals surface area (Å²) in [7, 11) is 0. The van der Waals surface area contributed by atoms with E-state index in [1.54, 1.807) is 13.8 Å². The predicted molar refractivity (Wildman–Crippen MR) is 92.3 cm³/mol. The van der Waals surface area contributed by atoms with Crippen molar-refractivity contribution in [3.8, 4) is 0 Å². The van der Waals surface area contributed by atoms with Crippen LogP contribution in [0.5, 0.6) is 0 Å². The van der Waals surface area contributed by atoms with Gasteiger partial charge in [-0.3, -0.25) is 4.79 Å². The Kier molecular flexibility index (Phi) is 7.01. The van der Waals surface area contributed by atoms with E-state index in [2.05, 4.69) is 0 Å². The van der Waals surface area contributed by atoms with Crippen molar-refractivity contribution < 1.29 is 23.8 Å². The zero-order chi connectivity index (χ0) is 18.2. The van der Waals surface area contributed by atoms with Crippen molar-refractivity contribution in [2.75, 3.05) is 13.2 Å². The third-order valence-corrected chi connectivity index (χ3v) is 3.85. The average Bonchev–Trinajstić information content (AvgIpc) is 2.84. The molecule has 1 aliphatic heterocycles. The maximum Gasteiger partial charge on any atom is 0.332 e. The van der Waals surface area contributed by atoms with E-state index in [1.807, 2.05) is 42.2 Å². The first-order chi connectivity index (χ1) is 12.0. The number of rotatable bonds is 7. The van der Waals surface area contributed by atoms with Gasteiger partial charge in [0.25, 0.3) is 0 Å². The fourth-order valence-corrected chi connectivity index (χ4v) is 2.78. The van der Waals surface area contributed by atoms with Crippen LogP contribution in [-0.4, -0.2) is 42.4 Å². The molecule has 1 fully saturated rings. The Bertz CT molecular complexity index is 614. The van der Waals surface area contributed by atoms with Crippen LogP contribution in [0.1, 0.15) is 32.8 Å². The molecular formula is C19H25NO5. The van der Waals surface area contributed by atoms with Gasteiger partial charge in [-0.2, -0.15) is 0 Å². The Morgan fingerprint density at radius 1 is 1.16 bits per heavy atom. The van der Waals surface area contributed by atoms with Crippen LogP contribution >= 0.6 is 0 Å². The van der Waals surface area contributed by atoms with Gasteiger partial charge in [0.15, 0.2) is 0 Å². The molecular weight excluding hydrogens is 322 g/mol. The lowest BCUT2D eigenvalue weighted by atomic mass is 10.1. The van der Waals surface area contributed by atoms with Gasteiger partial charge in [0.05, 0.1) is 31.4 Å². The van der Waals surface area contributed by atoms with Gasteiger partial charge in [0.1, 0.15) is 6.23 Å². The quantitative estimate of drug-likeness (QED) is 0.558. The lowest BCUT2D eigenvalue weighted by Crippen LogP contribution is -2.31. The Morgan fingerprint density at radius 2 is 1.84 bits per heavy atom. The van der Waals surface area contributed by atoms with E-state index in [1.165, 1.54) is 6.08 Å². The van der Waals surface area contributed by atoms with Gasteiger partial charge in [-0.15, -0.1) is 0 Å². The first-order valence-corrected chi connectivity index (χ1v) is 8.55. The van der Waals surface area contributed by atoms with E-state index < -0.39 is 12.2 Å². The first kappa shape index (κ1) is 19.0. The second-order valence-corrected chi connectivity index (χ2v) is 5.68. The standard InChI is InChI=1S/C19H25NO5/c1-4-23-18(21)11-16-14(3)25-17(12-19(22)24-5-2)20(16)13-15-9-7-6-8-10-15/h6-11,14,17H,4-5,12-13H2,1-3H3/b16-11+. The highest BCUT2D eigenvalue weighted by Gasteiger charge is 2.36. The van der Waals surface area contributed by atoms with E-state index in [-0.39, 0.29) is 18.5 Å². The molecule has 1 aromatic carbocycles. The summed E-state index contributed by atoms with van der Waals surface area (Å²) < 4.78 is 16.0. The van der Waals surface area contributed by atoms with Crippen LogP contribution in [-0.2, 0) is 30.3 Å². The lowest BCUT2D eigenvalue weighted by Gasteiger charge is -2.25. The normalized spacial score (nSPS) is 21.4. The van der Waals surface area contributed by atoms with E-state index in [4.69, 9.17) is 14.2 Å². The van der Waals surface area contributed by atoms with Crippen LogP contribution in [0.4, 0.5) is 0 Å². The molecule has 2 unspecified atom stereocenters. The van der Waals surface area contributed by atoms with E-state index in [0.29, 0.717) is 25.5 Å². The number of hydrogen-bond donors (Lipinski definition) is 0. The van der Waals surface area contributed by atoms with Gasteiger partial charge in [-0.25, -0.2) is 4.79 Å². The van der Waals surface area contributed by atoms with Crippen LogP contribution < -0.4 is 0 Å². The summed E-state index contributed by atoms with van der Waals surface area (Å²) in [5.74, 6) is -0.738. The maximum absolute atomic E-state index is 11.9. The molecule has 0 saturated carbocycles. The SMILES string of the molecule is CCOC(=O)/C=C1\C(C)OC(CC(=O)OCC)N1Cc1ccccc1. The van der Waals surface area contributed by atoms with Crippen molar-refractivity contribution in [1.29, 1.82) is 0 Å². The molecule has 1 aliphatic rings. The predicted octanol–water partition coefficient (Wildman–Crippen LogP) is 2.63. The van der Waals surface area contributed by atoms with Crippen LogP contribution in [0.15, 0.2) is 42.1 Å². The monoisotopic (exact) mass is 347 g/mol. The smallest absolute Gasteiger partial charge is 0.332 e. The van der Waals surface area contributed by atoms with Gasteiger partial charge in [-0.1, -0.05) is 30.3 Å². The van der Waals surface area contributed by atoms with Crippen molar-refractivity contribution in [1.82, 2.24) is 4.90 Å². The lowest BCUT2D eigenvalue weighted by molar-refractivity contribution is -0.148. The van der Waals surface area contributed by atoms with Crippen LogP contribution in [0.25, 0.3) is 0 Å². The number of carbonyl (C=O) groups excluding carboxylic acids is 2. The second-order valence-electron chi connectivity index (χ2n) is 5.68. The molecule has 136 valence electrons. The molecule has 1 aromatic rings. The van der Waals surface area contributed by atoms with Crippen LogP contribution in [0.2, 0.25) is 0 Å². The Balaban J connectivity index is 2.23. The molecule has 0 radical (unpaired) electrons. The largest absolute Gasteiger partial charge is 0.466 e. The minimum atomic E-state index is -0.477. The molecule has 6 nitrogen and oxygen atoms in total. The average molecular weight is 347 g/mol. The van der Waals surface area contributed by atoms with E-state index in [9.17, 15) is 9.59 Å². The van der Waals surface area contributed by atoms with Crippen LogP contribution in [0, 0.1) is 0 Å². The molecule has 0 amide bonds. The third-order valence-electron chi connectivity index (χ3n) is 3.85. The van der Waals surface area contributed by atoms with Crippen molar-refractivity contribution >= 4 is 11.9 Å². The second kappa shape index (κ2) is 9.22. The number of ether oxygens (including phenoxy) is 3. The molecule has 0 aliphatic carbocycles. The molecule has 2 rings (SSSR count). The molecule has 0 N–H and O–H groups in total. The number of hydrogen-bond acceptors (Lipinski definition) is 6. The summed E-state index contributed by atoms with van der Waals surface area (Å²) in [5.41, 5.74) is 1.76. The summed E-state index contributed by atoms with van der Waals surface area (Å²) in [6, 6.07) is 9.83. The van der Waals surface area contributed by atoms with Crippen molar-refractivity contribution in [3.05, 3.63) is 47.7 Å². The van der Waals surface area contributed by atoms with Gasteiger partial charge >= 0.3 is 11.9 Å². The van der Waals surface area contributed by atoms with Crippen molar-refractivity contribution in [2.24, 2.45) is 0 Å². The minimum Gasteiger partial charge on any atom is -0.466 e. The highest BCUT2D eigenvalue weighted by atomic mass is 16.5. The highest BCUT2D eigenvalue weighted by molar-refractivity contribution is 5.83. The fourth-order valence-electron chi connectivity index (χ4n) is 2.78. The van der Waals surface area contributed by atoms with Crippen LogP contribution in [0.3, 0.4) is 0 Å². The molecule has 1 heterocycles. The Morgan fingerprint density at radius 3 is 2.48 bits per heavy atom. The summed E-state index contributed by atoms with van der Waals surface area (Å²) in [5, 5.41) is 0. The summed E-state index contributed by atoms with van der Waals surface area (Å²) in [6.45, 7) is 6.54. The molecule has 1 saturated heterocycles. The third kappa shape index (κ3) is 5.32. The Hall–Kier alpha value is -2.34. The van der Waals surface area contributed by atoms with Crippen molar-refractivity contribution in [2.45, 2.75) is 46.1 Å². The highest BCUT2D eigenvalue weighted by Crippen LogP contribution is 2.30. The van der Waals surface area contributed by atoms with Crippen molar-refractivity contribution in [3.63, 3.8) is 0 Å². The molecule has 25 heavy (non-hydrogen) atoms. The molecule has 6 heteroatoms. The molecule has 2 atom stereocenters. The molecule has 0 bridgehead atoms. The number of carbonyl (C=O) groups is 2. The number of nitrogens with zero attached hydrogens (tertiary/aromatic N) is 1. The molecule has 0 aromatic heterocycles. The number of esters is 2. The van der Waals surface area contributed by atoms with E-state index >= 15 is 0 Å². The molecule has 0 spiro atoms. The topological polar surface area (TPSA) is 65.1 Å².